The fourth-order valence-corrected chi connectivity index (χ4v) is 3.28. The van der Waals surface area contributed by atoms with Crippen molar-refractivity contribution in [3.05, 3.63) is 0 Å². The highest BCUT2D eigenvalue weighted by Gasteiger charge is 2.27. The monoisotopic (exact) mass is 256 g/mol. The molecular formula is C15H32N2O. The van der Waals surface area contributed by atoms with Crippen LogP contribution in [0.15, 0.2) is 0 Å². The normalized spacial score (nSPS) is 24.3. The lowest BCUT2D eigenvalue weighted by Gasteiger charge is -2.33. The van der Waals surface area contributed by atoms with Crippen LogP contribution in [0.1, 0.15) is 59.3 Å². The van der Waals surface area contributed by atoms with Crippen molar-refractivity contribution in [1.29, 1.82) is 0 Å². The molecule has 1 saturated heterocycles. The molecule has 0 spiro atoms. The van der Waals surface area contributed by atoms with Crippen molar-refractivity contribution < 1.29 is 5.11 Å². The van der Waals surface area contributed by atoms with Crippen LogP contribution in [0.25, 0.3) is 0 Å². The average Bonchev–Trinajstić information content (AvgIpc) is 2.85. The molecule has 0 aromatic heterocycles. The quantitative estimate of drug-likeness (QED) is 0.665. The summed E-state index contributed by atoms with van der Waals surface area (Å²) in [6.45, 7) is 10.3. The van der Waals surface area contributed by atoms with Gasteiger partial charge in [-0.25, -0.2) is 0 Å². The molecule has 0 saturated carbocycles. The van der Waals surface area contributed by atoms with Crippen LogP contribution < -0.4 is 5.32 Å². The van der Waals surface area contributed by atoms with Gasteiger partial charge in [-0.05, 0) is 58.2 Å². The number of nitrogens with zero attached hydrogens (tertiary/aromatic N) is 1. The van der Waals surface area contributed by atoms with Gasteiger partial charge in [-0.1, -0.05) is 20.8 Å². The van der Waals surface area contributed by atoms with Gasteiger partial charge in [0.25, 0.3) is 0 Å². The van der Waals surface area contributed by atoms with Crippen LogP contribution in [0.5, 0.6) is 0 Å². The highest BCUT2D eigenvalue weighted by Crippen LogP contribution is 2.22. The molecule has 0 aromatic carbocycles. The molecule has 0 aromatic rings. The van der Waals surface area contributed by atoms with E-state index in [9.17, 15) is 5.11 Å². The Morgan fingerprint density at radius 2 is 2.11 bits per heavy atom. The molecule has 3 nitrogen and oxygen atoms in total. The number of likely N-dealkylation sites (tertiary alicyclic amines) is 1. The topological polar surface area (TPSA) is 35.5 Å². The van der Waals surface area contributed by atoms with Gasteiger partial charge in [0.15, 0.2) is 0 Å². The Kier molecular flexibility index (Phi) is 7.20. The molecule has 0 bridgehead atoms. The Morgan fingerprint density at radius 3 is 2.67 bits per heavy atom. The van der Waals surface area contributed by atoms with E-state index in [0.717, 1.165) is 25.4 Å². The van der Waals surface area contributed by atoms with Crippen molar-refractivity contribution in [3.8, 4) is 0 Å². The third-order valence-corrected chi connectivity index (χ3v) is 4.60. The molecule has 0 radical (unpaired) electrons. The third kappa shape index (κ3) is 4.22. The lowest BCUT2D eigenvalue weighted by molar-refractivity contribution is 0.138. The maximum absolute atomic E-state index is 9.62. The number of aliphatic hydroxyl groups is 1. The Morgan fingerprint density at radius 1 is 1.33 bits per heavy atom. The van der Waals surface area contributed by atoms with E-state index in [2.05, 4.69) is 31.0 Å². The van der Waals surface area contributed by atoms with Crippen LogP contribution in [0.4, 0.5) is 0 Å². The molecule has 2 unspecified atom stereocenters. The smallest absolute Gasteiger partial charge is 0.0613 e. The average molecular weight is 256 g/mol. The van der Waals surface area contributed by atoms with Crippen molar-refractivity contribution >= 4 is 0 Å². The predicted molar refractivity (Wildman–Crippen MR) is 77.9 cm³/mol. The van der Waals surface area contributed by atoms with Crippen LogP contribution in [0.2, 0.25) is 0 Å². The van der Waals surface area contributed by atoms with Crippen LogP contribution >= 0.6 is 0 Å². The van der Waals surface area contributed by atoms with Crippen molar-refractivity contribution in [1.82, 2.24) is 10.2 Å². The summed E-state index contributed by atoms with van der Waals surface area (Å²) in [6.07, 6.45) is 7.31. The fraction of sp³-hybridized carbons (Fsp3) is 1.00. The molecule has 18 heavy (non-hydrogen) atoms. The summed E-state index contributed by atoms with van der Waals surface area (Å²) in [7, 11) is 0. The van der Waals surface area contributed by atoms with E-state index in [-0.39, 0.29) is 12.1 Å². The minimum absolute atomic E-state index is 0.0455. The zero-order valence-electron chi connectivity index (χ0n) is 12.5. The minimum atomic E-state index is -0.0455. The molecule has 1 heterocycles. The van der Waals surface area contributed by atoms with Gasteiger partial charge in [0.1, 0.15) is 0 Å². The maximum Gasteiger partial charge on any atom is 0.0613 e. The van der Waals surface area contributed by atoms with Crippen molar-refractivity contribution in [2.45, 2.75) is 70.9 Å². The van der Waals surface area contributed by atoms with Gasteiger partial charge < -0.3 is 15.3 Å². The first-order chi connectivity index (χ1) is 8.71. The van der Waals surface area contributed by atoms with Crippen LogP contribution in [-0.2, 0) is 0 Å². The van der Waals surface area contributed by atoms with Gasteiger partial charge in [0.2, 0.25) is 0 Å². The fourth-order valence-electron chi connectivity index (χ4n) is 3.28. The Hall–Kier alpha value is -0.120. The largest absolute Gasteiger partial charge is 0.394 e. The first kappa shape index (κ1) is 15.9. The minimum Gasteiger partial charge on any atom is -0.394 e. The first-order valence-electron chi connectivity index (χ1n) is 7.81. The van der Waals surface area contributed by atoms with Gasteiger partial charge in [-0.3, -0.25) is 0 Å². The second-order valence-electron chi connectivity index (χ2n) is 5.67. The highest BCUT2D eigenvalue weighted by atomic mass is 16.3. The number of aliphatic hydroxyl groups excluding tert-OH is 1. The zero-order chi connectivity index (χ0) is 13.4. The maximum atomic E-state index is 9.62. The Balaban J connectivity index is 2.34. The SMILES string of the molecule is CCNC(CC)(CO)CCCN1CCCC1CC. The zero-order valence-corrected chi connectivity index (χ0v) is 12.5. The van der Waals surface area contributed by atoms with E-state index < -0.39 is 0 Å². The molecule has 108 valence electrons. The molecule has 2 N–H and O–H groups in total. The standard InChI is InChI=1S/C15H32N2O/c1-4-14-9-7-11-17(14)12-8-10-15(5-2,13-18)16-6-3/h14,16,18H,4-13H2,1-3H3. The number of likely N-dealkylation sites (N-methyl/N-ethyl adjacent to an activating group) is 1. The summed E-state index contributed by atoms with van der Waals surface area (Å²) >= 11 is 0. The predicted octanol–water partition coefficient (Wildman–Crippen LogP) is 2.39. The number of hydrogen-bond donors (Lipinski definition) is 2. The molecule has 3 heteroatoms. The number of nitrogens with one attached hydrogen (secondary N) is 1. The molecule has 0 amide bonds. The summed E-state index contributed by atoms with van der Waals surface area (Å²) in [4.78, 5) is 2.64. The molecule has 1 fully saturated rings. The lowest BCUT2D eigenvalue weighted by Crippen LogP contribution is -2.48. The van der Waals surface area contributed by atoms with Crippen molar-refractivity contribution in [2.75, 3.05) is 26.2 Å². The summed E-state index contributed by atoms with van der Waals surface area (Å²) in [5.41, 5.74) is -0.0455. The Labute approximate surface area is 113 Å². The van der Waals surface area contributed by atoms with E-state index >= 15 is 0 Å². The van der Waals surface area contributed by atoms with E-state index in [1.807, 2.05) is 0 Å². The van der Waals surface area contributed by atoms with Gasteiger partial charge >= 0.3 is 0 Å². The summed E-state index contributed by atoms with van der Waals surface area (Å²) < 4.78 is 0. The van der Waals surface area contributed by atoms with E-state index in [4.69, 9.17) is 0 Å². The van der Waals surface area contributed by atoms with Crippen LogP contribution in [0, 0.1) is 0 Å². The molecule has 2 atom stereocenters. The number of rotatable bonds is 9. The summed E-state index contributed by atoms with van der Waals surface area (Å²) in [5, 5.41) is 13.1. The Bertz CT molecular complexity index is 217. The van der Waals surface area contributed by atoms with Crippen molar-refractivity contribution in [2.24, 2.45) is 0 Å². The highest BCUT2D eigenvalue weighted by molar-refractivity contribution is 4.86. The first-order valence-corrected chi connectivity index (χ1v) is 7.81. The second kappa shape index (κ2) is 8.13. The van der Waals surface area contributed by atoms with Crippen LogP contribution in [-0.4, -0.2) is 47.8 Å². The molecule has 1 rings (SSSR count). The second-order valence-corrected chi connectivity index (χ2v) is 5.67. The van der Waals surface area contributed by atoms with Gasteiger partial charge in [0.05, 0.1) is 6.61 Å². The lowest BCUT2D eigenvalue weighted by atomic mass is 9.91. The van der Waals surface area contributed by atoms with Crippen molar-refractivity contribution in [3.63, 3.8) is 0 Å². The summed E-state index contributed by atoms with van der Waals surface area (Å²) in [6, 6.07) is 0.814. The van der Waals surface area contributed by atoms with E-state index in [0.29, 0.717) is 0 Å². The van der Waals surface area contributed by atoms with Gasteiger partial charge in [-0.2, -0.15) is 0 Å². The molecule has 1 aliphatic heterocycles. The van der Waals surface area contributed by atoms with Gasteiger partial charge in [0, 0.05) is 11.6 Å². The molecule has 0 aliphatic carbocycles. The van der Waals surface area contributed by atoms with Gasteiger partial charge in [-0.15, -0.1) is 0 Å². The molecular weight excluding hydrogens is 224 g/mol. The van der Waals surface area contributed by atoms with E-state index in [1.54, 1.807) is 0 Å². The third-order valence-electron chi connectivity index (χ3n) is 4.60. The van der Waals surface area contributed by atoms with E-state index in [1.165, 1.54) is 38.8 Å². The summed E-state index contributed by atoms with van der Waals surface area (Å²) in [5.74, 6) is 0. The molecule has 1 aliphatic rings. The van der Waals surface area contributed by atoms with Crippen LogP contribution in [0.3, 0.4) is 0 Å². The number of hydrogen-bond acceptors (Lipinski definition) is 3.